The minimum atomic E-state index is -1.07. The Labute approximate surface area is 216 Å². The number of amides is 1. The minimum absolute atomic E-state index is 0.0193. The molecule has 2 aromatic carbocycles. The molecular weight excluding hydrogens is 454 g/mol. The molecule has 0 fully saturated rings. The molecule has 2 N–H and O–H groups in total. The van der Waals surface area contributed by atoms with E-state index in [2.05, 4.69) is 33.0 Å². The number of benzene rings is 2. The van der Waals surface area contributed by atoms with Crippen LogP contribution in [-0.4, -0.2) is 31.2 Å². The summed E-state index contributed by atoms with van der Waals surface area (Å²) in [4.78, 5) is 25.3. The fourth-order valence-corrected chi connectivity index (χ4v) is 4.40. The predicted octanol–water partition coefficient (Wildman–Crippen LogP) is 7.06. The summed E-state index contributed by atoms with van der Waals surface area (Å²) in [5.41, 5.74) is 1.96. The van der Waals surface area contributed by atoms with Crippen LogP contribution in [0.25, 0.3) is 0 Å². The first-order valence-corrected chi connectivity index (χ1v) is 12.7. The molecule has 1 atom stereocenters. The van der Waals surface area contributed by atoms with Gasteiger partial charge in [-0.1, -0.05) is 65.2 Å². The highest BCUT2D eigenvalue weighted by Crippen LogP contribution is 2.37. The second-order valence-corrected chi connectivity index (χ2v) is 11.0. The highest BCUT2D eigenvalue weighted by Gasteiger charge is 2.31. The maximum absolute atomic E-state index is 13.4. The van der Waals surface area contributed by atoms with Gasteiger partial charge in [-0.05, 0) is 60.4 Å². The number of nitrogens with one attached hydrogen (secondary N) is 1. The zero-order valence-corrected chi connectivity index (χ0v) is 23.2. The Hall–Kier alpha value is -3.02. The number of rotatable bonds is 12. The van der Waals surface area contributed by atoms with Crippen LogP contribution in [-0.2, 0) is 20.4 Å². The van der Waals surface area contributed by atoms with Gasteiger partial charge in [-0.3, -0.25) is 9.59 Å². The van der Waals surface area contributed by atoms with Crippen LogP contribution in [0.1, 0.15) is 96.3 Å². The molecule has 0 spiro atoms. The molecule has 1 amide bonds. The zero-order valence-electron chi connectivity index (χ0n) is 23.2. The molecule has 0 aromatic heterocycles. The molecule has 6 heteroatoms. The molecule has 0 saturated heterocycles. The normalized spacial score (nSPS) is 12.7. The monoisotopic (exact) mass is 497 g/mol. The third-order valence-corrected chi connectivity index (χ3v) is 6.83. The summed E-state index contributed by atoms with van der Waals surface area (Å²) in [7, 11) is 3.25. The lowest BCUT2D eigenvalue weighted by molar-refractivity contribution is -0.142. The largest absolute Gasteiger partial charge is 0.497 e. The first-order chi connectivity index (χ1) is 16.8. The Morgan fingerprint density at radius 3 is 2.22 bits per heavy atom. The zero-order chi connectivity index (χ0) is 27.1. The van der Waals surface area contributed by atoms with Gasteiger partial charge in [-0.15, -0.1) is 0 Å². The molecule has 2 rings (SSSR count). The van der Waals surface area contributed by atoms with Gasteiger partial charge in [0.25, 0.3) is 0 Å². The number of ether oxygens (including phenoxy) is 2. The van der Waals surface area contributed by atoms with Gasteiger partial charge in [0.05, 0.1) is 19.6 Å². The van der Waals surface area contributed by atoms with Crippen LogP contribution >= 0.6 is 0 Å². The summed E-state index contributed by atoms with van der Waals surface area (Å²) in [5.74, 6) is 0.384. The molecule has 6 nitrogen and oxygen atoms in total. The summed E-state index contributed by atoms with van der Waals surface area (Å²) < 4.78 is 11.0. The molecule has 36 heavy (non-hydrogen) atoms. The topological polar surface area (TPSA) is 84.9 Å². The lowest BCUT2D eigenvalue weighted by Crippen LogP contribution is -2.29. The Balaban J connectivity index is 2.41. The molecule has 0 aliphatic carbocycles. The van der Waals surface area contributed by atoms with E-state index in [1.165, 1.54) is 0 Å². The van der Waals surface area contributed by atoms with Crippen molar-refractivity contribution in [3.8, 4) is 11.5 Å². The van der Waals surface area contributed by atoms with Crippen LogP contribution in [0.4, 0.5) is 5.69 Å². The maximum Gasteiger partial charge on any atom is 0.313 e. The van der Waals surface area contributed by atoms with Crippen molar-refractivity contribution in [3.63, 3.8) is 0 Å². The standard InChI is InChI=1S/C30H43NO5/c1-9-10-11-12-20(23-15-14-22(35-7)19-26(23)36-8)17-27(32)31-25-18-21(30(5,6)28(33)34)13-16-24(25)29(2,3)4/h13-16,18-20H,9-12,17H2,1-8H3,(H,31,32)(H,33,34). The Kier molecular flexibility index (Phi) is 9.97. The lowest BCUT2D eigenvalue weighted by Gasteiger charge is -2.27. The van der Waals surface area contributed by atoms with Crippen LogP contribution in [0, 0.1) is 0 Å². The molecule has 198 valence electrons. The van der Waals surface area contributed by atoms with E-state index in [0.717, 1.165) is 36.8 Å². The number of methoxy groups -OCH3 is 2. The highest BCUT2D eigenvalue weighted by molar-refractivity contribution is 5.93. The van der Waals surface area contributed by atoms with Crippen LogP contribution in [0.2, 0.25) is 0 Å². The molecule has 1 unspecified atom stereocenters. The highest BCUT2D eigenvalue weighted by atomic mass is 16.5. The van der Waals surface area contributed by atoms with Crippen molar-refractivity contribution in [2.24, 2.45) is 0 Å². The van der Waals surface area contributed by atoms with E-state index in [1.54, 1.807) is 28.1 Å². The summed E-state index contributed by atoms with van der Waals surface area (Å²) >= 11 is 0. The van der Waals surface area contributed by atoms with E-state index >= 15 is 0 Å². The van der Waals surface area contributed by atoms with Crippen molar-refractivity contribution >= 4 is 17.6 Å². The van der Waals surface area contributed by atoms with Gasteiger partial charge in [-0.25, -0.2) is 0 Å². The van der Waals surface area contributed by atoms with Crippen molar-refractivity contribution in [1.29, 1.82) is 0 Å². The van der Waals surface area contributed by atoms with Gasteiger partial charge >= 0.3 is 5.97 Å². The fraction of sp³-hybridized carbons (Fsp3) is 0.533. The SMILES string of the molecule is CCCCCC(CC(=O)Nc1cc(C(C)(C)C(=O)O)ccc1C(C)(C)C)c1ccc(OC)cc1OC. The summed E-state index contributed by atoms with van der Waals surface area (Å²) in [5, 5.41) is 12.8. The van der Waals surface area contributed by atoms with Crippen LogP contribution in [0.3, 0.4) is 0 Å². The Morgan fingerprint density at radius 1 is 0.972 bits per heavy atom. The molecular formula is C30H43NO5. The maximum atomic E-state index is 13.4. The number of anilines is 1. The van der Waals surface area contributed by atoms with Gasteiger partial charge < -0.3 is 19.9 Å². The number of hydrogen-bond acceptors (Lipinski definition) is 4. The van der Waals surface area contributed by atoms with Crippen LogP contribution in [0.5, 0.6) is 11.5 Å². The lowest BCUT2D eigenvalue weighted by atomic mass is 9.80. The number of aliphatic carboxylic acids is 1. The van der Waals surface area contributed by atoms with E-state index in [1.807, 2.05) is 36.4 Å². The Morgan fingerprint density at radius 2 is 1.67 bits per heavy atom. The second-order valence-electron chi connectivity index (χ2n) is 11.0. The van der Waals surface area contributed by atoms with Crippen molar-refractivity contribution in [2.45, 2.75) is 90.4 Å². The predicted molar refractivity (Wildman–Crippen MR) is 145 cm³/mol. The first kappa shape index (κ1) is 29.2. The average Bonchev–Trinajstić information content (AvgIpc) is 2.82. The van der Waals surface area contributed by atoms with E-state index in [-0.39, 0.29) is 17.2 Å². The number of carboxylic acids is 1. The van der Waals surface area contributed by atoms with Crippen molar-refractivity contribution in [2.75, 3.05) is 19.5 Å². The number of carbonyl (C=O) groups excluding carboxylic acids is 1. The van der Waals surface area contributed by atoms with Gasteiger partial charge in [0.2, 0.25) is 5.91 Å². The molecule has 0 saturated carbocycles. The molecule has 0 aliphatic heterocycles. The number of carbonyl (C=O) groups is 2. The molecule has 0 heterocycles. The van der Waals surface area contributed by atoms with Gasteiger partial charge in [0.1, 0.15) is 11.5 Å². The third-order valence-electron chi connectivity index (χ3n) is 6.83. The minimum Gasteiger partial charge on any atom is -0.497 e. The summed E-state index contributed by atoms with van der Waals surface area (Å²) in [6.45, 7) is 11.7. The number of carboxylic acid groups (broad SMARTS) is 1. The first-order valence-electron chi connectivity index (χ1n) is 12.7. The van der Waals surface area contributed by atoms with Crippen LogP contribution in [0.15, 0.2) is 36.4 Å². The fourth-order valence-electron chi connectivity index (χ4n) is 4.40. The molecule has 0 aliphatic rings. The molecule has 0 bridgehead atoms. The van der Waals surface area contributed by atoms with Crippen molar-refractivity contribution < 1.29 is 24.2 Å². The van der Waals surface area contributed by atoms with Gasteiger partial charge in [0, 0.05) is 18.2 Å². The summed E-state index contributed by atoms with van der Waals surface area (Å²) in [6.07, 6.45) is 4.36. The Bertz CT molecular complexity index is 1050. The van der Waals surface area contributed by atoms with E-state index in [4.69, 9.17) is 9.47 Å². The average molecular weight is 498 g/mol. The second kappa shape index (κ2) is 12.3. The van der Waals surface area contributed by atoms with Gasteiger partial charge in [0.15, 0.2) is 0 Å². The van der Waals surface area contributed by atoms with E-state index < -0.39 is 11.4 Å². The smallest absolute Gasteiger partial charge is 0.313 e. The van der Waals surface area contributed by atoms with Gasteiger partial charge in [-0.2, -0.15) is 0 Å². The number of unbranched alkanes of at least 4 members (excludes halogenated alkanes) is 2. The van der Waals surface area contributed by atoms with Crippen molar-refractivity contribution in [1.82, 2.24) is 0 Å². The number of hydrogen-bond donors (Lipinski definition) is 2. The van der Waals surface area contributed by atoms with Crippen LogP contribution < -0.4 is 14.8 Å². The third kappa shape index (κ3) is 7.25. The quantitative estimate of drug-likeness (QED) is 0.307. The molecule has 2 aromatic rings. The van der Waals surface area contributed by atoms with E-state index in [0.29, 0.717) is 29.2 Å². The van der Waals surface area contributed by atoms with Crippen molar-refractivity contribution in [3.05, 3.63) is 53.1 Å². The summed E-state index contributed by atoms with van der Waals surface area (Å²) in [6, 6.07) is 11.3. The van der Waals surface area contributed by atoms with E-state index in [9.17, 15) is 14.7 Å². The molecule has 0 radical (unpaired) electrons.